The van der Waals surface area contributed by atoms with E-state index in [0.29, 0.717) is 5.75 Å². The van der Waals surface area contributed by atoms with E-state index in [9.17, 15) is 4.79 Å². The number of esters is 1. The number of fused-ring (bicyclic) bond motifs is 2. The molecule has 0 amide bonds. The fourth-order valence-corrected chi connectivity index (χ4v) is 4.93. The highest BCUT2D eigenvalue weighted by atomic mass is 16.6. The molecule has 1 aliphatic rings. The molecule has 5 nitrogen and oxygen atoms in total. The van der Waals surface area contributed by atoms with Crippen LogP contribution in [0.15, 0.2) is 91.0 Å². The van der Waals surface area contributed by atoms with E-state index in [-0.39, 0.29) is 18.6 Å². The van der Waals surface area contributed by atoms with Crippen LogP contribution in [0.3, 0.4) is 0 Å². The zero-order chi connectivity index (χ0) is 24.7. The summed E-state index contributed by atoms with van der Waals surface area (Å²) in [4.78, 5) is 11.4. The summed E-state index contributed by atoms with van der Waals surface area (Å²) in [5.41, 5.74) is 3.77. The molecule has 0 radical (unpaired) electrons. The number of hydrogen-bond donors (Lipinski definition) is 1. The van der Waals surface area contributed by atoms with E-state index in [4.69, 9.17) is 9.47 Å². The summed E-state index contributed by atoms with van der Waals surface area (Å²) in [6, 6.07) is 31.3. The molecule has 0 saturated carbocycles. The Hall–Kier alpha value is -3.83. The first-order chi connectivity index (χ1) is 17.7. The van der Waals surface area contributed by atoms with Crippen molar-refractivity contribution in [2.24, 2.45) is 0 Å². The lowest BCUT2D eigenvalue weighted by atomic mass is 9.84. The van der Waals surface area contributed by atoms with Gasteiger partial charge in [0.15, 0.2) is 6.61 Å². The third-order valence-electron chi connectivity index (χ3n) is 6.78. The quantitative estimate of drug-likeness (QED) is 0.252. The molecule has 36 heavy (non-hydrogen) atoms. The van der Waals surface area contributed by atoms with Crippen LogP contribution in [0, 0.1) is 0 Å². The second kappa shape index (κ2) is 11.3. The van der Waals surface area contributed by atoms with Crippen molar-refractivity contribution in [3.63, 3.8) is 0 Å². The largest absolute Gasteiger partial charge is 0.489 e. The SMILES string of the molecule is COC(=O)COc1ccc(C2CC(CNCCc3cccc4ccccc34)Oc3ccccc32)cc1. The smallest absolute Gasteiger partial charge is 0.343 e. The van der Waals surface area contributed by atoms with Crippen molar-refractivity contribution >= 4 is 16.7 Å². The van der Waals surface area contributed by atoms with Gasteiger partial charge in [0.1, 0.15) is 17.6 Å². The van der Waals surface area contributed by atoms with E-state index in [0.717, 1.165) is 31.7 Å². The van der Waals surface area contributed by atoms with Crippen LogP contribution < -0.4 is 14.8 Å². The second-order valence-corrected chi connectivity index (χ2v) is 9.09. The van der Waals surface area contributed by atoms with E-state index in [1.807, 2.05) is 18.2 Å². The minimum Gasteiger partial charge on any atom is -0.489 e. The molecule has 1 N–H and O–H groups in total. The molecule has 0 spiro atoms. The molecule has 4 aromatic rings. The van der Waals surface area contributed by atoms with Crippen molar-refractivity contribution in [3.05, 3.63) is 108 Å². The first kappa shape index (κ1) is 23.9. The number of para-hydroxylation sites is 1. The summed E-state index contributed by atoms with van der Waals surface area (Å²) < 4.78 is 16.5. The van der Waals surface area contributed by atoms with Crippen LogP contribution >= 0.6 is 0 Å². The Labute approximate surface area is 212 Å². The van der Waals surface area contributed by atoms with Gasteiger partial charge in [-0.1, -0.05) is 72.8 Å². The average Bonchev–Trinajstić information content (AvgIpc) is 2.94. The third-order valence-corrected chi connectivity index (χ3v) is 6.78. The van der Waals surface area contributed by atoms with Crippen molar-refractivity contribution in [1.82, 2.24) is 5.32 Å². The topological polar surface area (TPSA) is 56.8 Å². The first-order valence-electron chi connectivity index (χ1n) is 12.4. The molecule has 184 valence electrons. The molecular weight excluding hydrogens is 450 g/mol. The number of methoxy groups -OCH3 is 1. The highest BCUT2D eigenvalue weighted by Crippen LogP contribution is 2.40. The molecule has 5 heteroatoms. The summed E-state index contributed by atoms with van der Waals surface area (Å²) in [5.74, 6) is 1.43. The zero-order valence-electron chi connectivity index (χ0n) is 20.5. The van der Waals surface area contributed by atoms with Gasteiger partial charge in [0.25, 0.3) is 0 Å². The Morgan fingerprint density at radius 2 is 1.72 bits per heavy atom. The molecule has 0 saturated heterocycles. The van der Waals surface area contributed by atoms with E-state index in [1.165, 1.54) is 34.6 Å². The second-order valence-electron chi connectivity index (χ2n) is 9.09. The number of hydrogen-bond acceptors (Lipinski definition) is 5. The Morgan fingerprint density at radius 1 is 0.944 bits per heavy atom. The molecule has 1 heterocycles. The lowest BCUT2D eigenvalue weighted by Crippen LogP contribution is -2.36. The fraction of sp³-hybridized carbons (Fsp3) is 0.258. The van der Waals surface area contributed by atoms with Gasteiger partial charge in [-0.15, -0.1) is 0 Å². The van der Waals surface area contributed by atoms with Gasteiger partial charge in [-0.3, -0.25) is 0 Å². The Morgan fingerprint density at radius 3 is 2.58 bits per heavy atom. The molecule has 5 rings (SSSR count). The maximum Gasteiger partial charge on any atom is 0.343 e. The number of nitrogens with one attached hydrogen (secondary N) is 1. The maximum atomic E-state index is 11.4. The van der Waals surface area contributed by atoms with Gasteiger partial charge in [0.05, 0.1) is 7.11 Å². The van der Waals surface area contributed by atoms with E-state index in [2.05, 4.69) is 82.9 Å². The Kier molecular flexibility index (Phi) is 7.48. The normalized spacial score (nSPS) is 16.7. The number of benzene rings is 4. The molecule has 1 aliphatic heterocycles. The summed E-state index contributed by atoms with van der Waals surface area (Å²) in [7, 11) is 1.35. The molecule has 4 aromatic carbocycles. The van der Waals surface area contributed by atoms with E-state index < -0.39 is 5.97 Å². The van der Waals surface area contributed by atoms with Gasteiger partial charge in [-0.2, -0.15) is 0 Å². The van der Waals surface area contributed by atoms with Crippen LogP contribution in [0.1, 0.15) is 29.0 Å². The Bertz CT molecular complexity index is 1310. The van der Waals surface area contributed by atoms with Crippen LogP contribution in [0.2, 0.25) is 0 Å². The van der Waals surface area contributed by atoms with Crippen LogP contribution in [-0.4, -0.2) is 38.9 Å². The van der Waals surface area contributed by atoms with Gasteiger partial charge in [0.2, 0.25) is 0 Å². The van der Waals surface area contributed by atoms with Gasteiger partial charge < -0.3 is 19.5 Å². The van der Waals surface area contributed by atoms with Crippen molar-refractivity contribution in [2.75, 3.05) is 26.8 Å². The van der Waals surface area contributed by atoms with Gasteiger partial charge in [-0.05, 0) is 59.5 Å². The molecule has 0 aromatic heterocycles. The minimum atomic E-state index is -0.395. The molecule has 2 atom stereocenters. The number of ether oxygens (including phenoxy) is 3. The maximum absolute atomic E-state index is 11.4. The summed E-state index contributed by atoms with van der Waals surface area (Å²) in [6.45, 7) is 1.59. The van der Waals surface area contributed by atoms with Crippen molar-refractivity contribution in [2.45, 2.75) is 24.9 Å². The van der Waals surface area contributed by atoms with Crippen LogP contribution in [-0.2, 0) is 16.0 Å². The summed E-state index contributed by atoms with van der Waals surface area (Å²) in [5, 5.41) is 6.23. The zero-order valence-corrected chi connectivity index (χ0v) is 20.5. The van der Waals surface area contributed by atoms with Crippen LogP contribution in [0.25, 0.3) is 10.8 Å². The molecule has 2 unspecified atom stereocenters. The Balaban J connectivity index is 1.22. The van der Waals surface area contributed by atoms with Crippen molar-refractivity contribution in [3.8, 4) is 11.5 Å². The fourth-order valence-electron chi connectivity index (χ4n) is 4.93. The molecule has 0 aliphatic carbocycles. The highest BCUT2D eigenvalue weighted by Gasteiger charge is 2.29. The summed E-state index contributed by atoms with van der Waals surface area (Å²) in [6.07, 6.45) is 1.94. The van der Waals surface area contributed by atoms with Gasteiger partial charge >= 0.3 is 5.97 Å². The van der Waals surface area contributed by atoms with Crippen molar-refractivity contribution < 1.29 is 19.0 Å². The summed E-state index contributed by atoms with van der Waals surface area (Å²) >= 11 is 0. The third kappa shape index (κ3) is 5.52. The van der Waals surface area contributed by atoms with Gasteiger partial charge in [-0.25, -0.2) is 4.79 Å². The number of carbonyl (C=O) groups excluding carboxylic acids is 1. The van der Waals surface area contributed by atoms with Crippen LogP contribution in [0.4, 0.5) is 0 Å². The predicted molar refractivity (Wildman–Crippen MR) is 142 cm³/mol. The molecule has 0 fully saturated rings. The highest BCUT2D eigenvalue weighted by molar-refractivity contribution is 5.85. The van der Waals surface area contributed by atoms with Crippen LogP contribution in [0.5, 0.6) is 11.5 Å². The standard InChI is InChI=1S/C31H31NO4/c1-34-31(33)21-35-25-15-13-24(14-16-25)29-19-26(36-30-12-5-4-11-28(29)30)20-32-18-17-23-9-6-8-22-7-2-3-10-27(22)23/h2-16,26,29,32H,17-21H2,1H3. The van der Waals surface area contributed by atoms with E-state index in [1.54, 1.807) is 0 Å². The molecule has 0 bridgehead atoms. The van der Waals surface area contributed by atoms with Gasteiger partial charge in [0, 0.05) is 18.0 Å². The predicted octanol–water partition coefficient (Wildman–Crippen LogP) is 5.51. The minimum absolute atomic E-state index is 0.0765. The lowest BCUT2D eigenvalue weighted by molar-refractivity contribution is -0.142. The average molecular weight is 482 g/mol. The monoisotopic (exact) mass is 481 g/mol. The lowest BCUT2D eigenvalue weighted by Gasteiger charge is -2.33. The first-order valence-corrected chi connectivity index (χ1v) is 12.4. The van der Waals surface area contributed by atoms with Crippen molar-refractivity contribution in [1.29, 1.82) is 0 Å². The molecular formula is C31H31NO4. The number of rotatable bonds is 9. The number of carbonyl (C=O) groups is 1. The van der Waals surface area contributed by atoms with E-state index >= 15 is 0 Å².